The van der Waals surface area contributed by atoms with Crippen molar-refractivity contribution in [3.63, 3.8) is 0 Å². The van der Waals surface area contributed by atoms with E-state index in [1.807, 2.05) is 79.7 Å². The Morgan fingerprint density at radius 1 is 1.04 bits per heavy atom. The summed E-state index contributed by atoms with van der Waals surface area (Å²) in [7, 11) is 4.01. The van der Waals surface area contributed by atoms with Gasteiger partial charge in [0.15, 0.2) is 5.78 Å². The van der Waals surface area contributed by atoms with Crippen LogP contribution in [0.25, 0.3) is 16.2 Å². The molecule has 1 heterocycles. The standard InChI is InChI=1S/C21H19NO2S/c1-22(2)16-13-11-15(12-14-16)7-3-5-9-18(23)21-20(24)17-8-4-6-10-19(17)25-21/h3-14,24H,1-2H3. The SMILES string of the molecule is CN(C)c1ccc(C=CC=CC(=O)c2sc3ccccc3c2O)cc1. The summed E-state index contributed by atoms with van der Waals surface area (Å²) in [5, 5.41) is 10.9. The van der Waals surface area contributed by atoms with E-state index < -0.39 is 0 Å². The quantitative estimate of drug-likeness (QED) is 0.394. The van der Waals surface area contributed by atoms with Crippen molar-refractivity contribution in [2.24, 2.45) is 0 Å². The topological polar surface area (TPSA) is 40.5 Å². The number of thiophene rings is 1. The maximum atomic E-state index is 12.3. The average Bonchev–Trinajstić information content (AvgIpc) is 2.96. The van der Waals surface area contributed by atoms with Crippen LogP contribution in [0.2, 0.25) is 0 Å². The molecule has 0 aliphatic carbocycles. The molecule has 0 aliphatic rings. The highest BCUT2D eigenvalue weighted by molar-refractivity contribution is 7.21. The second-order valence-electron chi connectivity index (χ2n) is 5.84. The van der Waals surface area contributed by atoms with Gasteiger partial charge in [-0.2, -0.15) is 0 Å². The highest BCUT2D eigenvalue weighted by Crippen LogP contribution is 2.36. The lowest BCUT2D eigenvalue weighted by molar-refractivity contribution is 0.104. The van der Waals surface area contributed by atoms with Gasteiger partial charge in [-0.3, -0.25) is 4.79 Å². The highest BCUT2D eigenvalue weighted by atomic mass is 32.1. The monoisotopic (exact) mass is 349 g/mol. The lowest BCUT2D eigenvalue weighted by atomic mass is 10.1. The first-order valence-corrected chi connectivity index (χ1v) is 8.75. The van der Waals surface area contributed by atoms with Crippen molar-refractivity contribution < 1.29 is 9.90 Å². The van der Waals surface area contributed by atoms with Gasteiger partial charge in [-0.25, -0.2) is 0 Å². The van der Waals surface area contributed by atoms with Gasteiger partial charge in [0.1, 0.15) is 10.6 Å². The molecule has 4 heteroatoms. The van der Waals surface area contributed by atoms with Gasteiger partial charge in [0, 0.05) is 29.9 Å². The summed E-state index contributed by atoms with van der Waals surface area (Å²) in [6.07, 6.45) is 6.95. The van der Waals surface area contributed by atoms with Gasteiger partial charge >= 0.3 is 0 Å². The van der Waals surface area contributed by atoms with Gasteiger partial charge in [-0.1, -0.05) is 42.5 Å². The first kappa shape index (κ1) is 17.0. The number of hydrogen-bond acceptors (Lipinski definition) is 4. The number of nitrogens with zero attached hydrogens (tertiary/aromatic N) is 1. The van der Waals surface area contributed by atoms with Gasteiger partial charge < -0.3 is 10.0 Å². The number of carbonyl (C=O) groups is 1. The lowest BCUT2D eigenvalue weighted by Crippen LogP contribution is -2.07. The predicted molar refractivity (Wildman–Crippen MR) is 107 cm³/mol. The Hall–Kier alpha value is -2.85. The summed E-state index contributed by atoms with van der Waals surface area (Å²) in [5.41, 5.74) is 2.20. The average molecular weight is 349 g/mol. The van der Waals surface area contributed by atoms with Gasteiger partial charge in [0.05, 0.1) is 0 Å². The molecule has 0 amide bonds. The molecule has 0 aliphatic heterocycles. The second-order valence-corrected chi connectivity index (χ2v) is 6.90. The minimum atomic E-state index is -0.189. The van der Waals surface area contributed by atoms with Crippen LogP contribution >= 0.6 is 11.3 Å². The maximum Gasteiger partial charge on any atom is 0.199 e. The fraction of sp³-hybridized carbons (Fsp3) is 0.0952. The van der Waals surface area contributed by atoms with Crippen molar-refractivity contribution in [2.75, 3.05) is 19.0 Å². The number of ketones is 1. The zero-order valence-corrected chi connectivity index (χ0v) is 15.0. The zero-order chi connectivity index (χ0) is 17.8. The van der Waals surface area contributed by atoms with Crippen LogP contribution in [-0.4, -0.2) is 25.0 Å². The van der Waals surface area contributed by atoms with Crippen LogP contribution in [0.3, 0.4) is 0 Å². The van der Waals surface area contributed by atoms with E-state index in [0.717, 1.165) is 21.3 Å². The Morgan fingerprint density at radius 2 is 1.76 bits per heavy atom. The summed E-state index contributed by atoms with van der Waals surface area (Å²) >= 11 is 1.31. The number of allylic oxidation sites excluding steroid dienone is 3. The van der Waals surface area contributed by atoms with Gasteiger partial charge in [0.2, 0.25) is 0 Å². The molecule has 1 N–H and O–H groups in total. The largest absolute Gasteiger partial charge is 0.506 e. The number of aromatic hydroxyl groups is 1. The summed E-state index contributed by atoms with van der Waals surface area (Å²) in [4.78, 5) is 14.7. The van der Waals surface area contributed by atoms with Crippen molar-refractivity contribution in [3.8, 4) is 5.75 Å². The molecule has 0 radical (unpaired) electrons. The van der Waals surface area contributed by atoms with E-state index in [0.29, 0.717) is 4.88 Å². The molecule has 0 spiro atoms. The molecule has 0 saturated heterocycles. The molecule has 0 fully saturated rings. The van der Waals surface area contributed by atoms with E-state index in [1.54, 1.807) is 6.08 Å². The molecular weight excluding hydrogens is 330 g/mol. The molecule has 3 nitrogen and oxygen atoms in total. The molecule has 0 bridgehead atoms. The second kappa shape index (κ2) is 7.36. The fourth-order valence-corrected chi connectivity index (χ4v) is 3.48. The van der Waals surface area contributed by atoms with Gasteiger partial charge in [-0.05, 0) is 35.9 Å². The number of carbonyl (C=O) groups excluding carboxylic acids is 1. The molecule has 3 rings (SSSR count). The first-order valence-electron chi connectivity index (χ1n) is 7.93. The summed E-state index contributed by atoms with van der Waals surface area (Å²) in [6.45, 7) is 0. The highest BCUT2D eigenvalue weighted by Gasteiger charge is 2.15. The normalized spacial score (nSPS) is 11.6. The van der Waals surface area contributed by atoms with E-state index >= 15 is 0 Å². The van der Waals surface area contributed by atoms with E-state index in [4.69, 9.17) is 0 Å². The van der Waals surface area contributed by atoms with E-state index in [-0.39, 0.29) is 11.5 Å². The van der Waals surface area contributed by atoms with Crippen LogP contribution in [-0.2, 0) is 0 Å². The third kappa shape index (κ3) is 3.80. The summed E-state index contributed by atoms with van der Waals surface area (Å²) < 4.78 is 0.910. The molecule has 0 unspecified atom stereocenters. The predicted octanol–water partition coefficient (Wildman–Crippen LogP) is 5.13. The third-order valence-corrected chi connectivity index (χ3v) is 5.02. The first-order chi connectivity index (χ1) is 12.1. The number of rotatable bonds is 5. The van der Waals surface area contributed by atoms with Crippen LogP contribution in [0.5, 0.6) is 5.75 Å². The lowest BCUT2D eigenvalue weighted by Gasteiger charge is -2.11. The molecule has 25 heavy (non-hydrogen) atoms. The number of fused-ring (bicyclic) bond motifs is 1. The minimum absolute atomic E-state index is 0.0681. The smallest absolute Gasteiger partial charge is 0.199 e. The molecule has 0 saturated carbocycles. The van der Waals surface area contributed by atoms with E-state index in [2.05, 4.69) is 0 Å². The number of benzene rings is 2. The van der Waals surface area contributed by atoms with Crippen molar-refractivity contribution in [3.05, 3.63) is 77.2 Å². The van der Waals surface area contributed by atoms with Gasteiger partial charge in [-0.15, -0.1) is 11.3 Å². The van der Waals surface area contributed by atoms with Crippen LogP contribution in [0.1, 0.15) is 15.2 Å². The Labute approximate surface area is 151 Å². The van der Waals surface area contributed by atoms with E-state index in [1.165, 1.54) is 17.4 Å². The molecule has 1 aromatic heterocycles. The van der Waals surface area contributed by atoms with Crippen molar-refractivity contribution in [2.45, 2.75) is 0 Å². The zero-order valence-electron chi connectivity index (χ0n) is 14.1. The van der Waals surface area contributed by atoms with Gasteiger partial charge in [0.25, 0.3) is 0 Å². The fourth-order valence-electron chi connectivity index (χ4n) is 2.47. The maximum absolute atomic E-state index is 12.3. The molecule has 126 valence electrons. The number of anilines is 1. The van der Waals surface area contributed by atoms with Crippen molar-refractivity contribution in [1.82, 2.24) is 0 Å². The third-order valence-electron chi connectivity index (χ3n) is 3.85. The Kier molecular flexibility index (Phi) is 5.00. The van der Waals surface area contributed by atoms with Crippen molar-refractivity contribution in [1.29, 1.82) is 0 Å². The molecule has 3 aromatic rings. The summed E-state index contributed by atoms with van der Waals surface area (Å²) in [6, 6.07) is 15.6. The minimum Gasteiger partial charge on any atom is -0.506 e. The Balaban J connectivity index is 1.70. The molecular formula is C21H19NO2S. The molecule has 0 atom stereocenters. The Bertz CT molecular complexity index is 950. The van der Waals surface area contributed by atoms with Crippen LogP contribution in [0.4, 0.5) is 5.69 Å². The Morgan fingerprint density at radius 3 is 2.44 bits per heavy atom. The van der Waals surface area contributed by atoms with Crippen LogP contribution in [0, 0.1) is 0 Å². The summed E-state index contributed by atoms with van der Waals surface area (Å²) in [5.74, 6) is -0.121. The van der Waals surface area contributed by atoms with Crippen LogP contribution < -0.4 is 4.90 Å². The van der Waals surface area contributed by atoms with Crippen LogP contribution in [0.15, 0.2) is 66.8 Å². The van der Waals surface area contributed by atoms with E-state index in [9.17, 15) is 9.90 Å². The van der Waals surface area contributed by atoms with Crippen molar-refractivity contribution >= 4 is 39.0 Å². The number of hydrogen-bond donors (Lipinski definition) is 1. The molecule has 2 aromatic carbocycles.